The fourth-order valence-corrected chi connectivity index (χ4v) is 2.48. The number of alkyl halides is 1. The number of pyridine rings is 1. The molecule has 2 aromatic rings. The number of benzene rings is 1. The van der Waals surface area contributed by atoms with Crippen LogP contribution in [0.4, 0.5) is 0 Å². The molecule has 0 fully saturated rings. The second kappa shape index (κ2) is 4.78. The smallest absolute Gasteiger partial charge is 0.255 e. The van der Waals surface area contributed by atoms with Gasteiger partial charge in [-0.3, -0.25) is 4.79 Å². The summed E-state index contributed by atoms with van der Waals surface area (Å²) in [6.45, 7) is 1.28. The first-order chi connectivity index (χ1) is 9.20. The Morgan fingerprint density at radius 1 is 1.21 bits per heavy atom. The minimum Gasteiger partial charge on any atom is -0.490 e. The Morgan fingerprint density at radius 3 is 2.58 bits per heavy atom. The normalized spacial score (nSPS) is 14.4. The summed E-state index contributed by atoms with van der Waals surface area (Å²) in [6, 6.07) is 5.58. The highest BCUT2D eigenvalue weighted by Gasteiger charge is 2.14. The molecule has 1 aromatic heterocycles. The maximum atomic E-state index is 12.1. The van der Waals surface area contributed by atoms with E-state index < -0.39 is 0 Å². The van der Waals surface area contributed by atoms with Crippen LogP contribution < -0.4 is 15.0 Å². The average Bonchev–Trinajstić information content (AvgIpc) is 2.65. The predicted octanol–water partition coefficient (Wildman–Crippen LogP) is 2.44. The first-order valence-electron chi connectivity index (χ1n) is 6.19. The number of halogens is 1. The van der Waals surface area contributed by atoms with E-state index in [1.807, 2.05) is 18.2 Å². The molecule has 3 rings (SSSR count). The minimum atomic E-state index is -0.0722. The molecular formula is C14H14ClNO3. The van der Waals surface area contributed by atoms with Crippen LogP contribution >= 0.6 is 11.6 Å². The average molecular weight is 280 g/mol. The van der Waals surface area contributed by atoms with Gasteiger partial charge in [0.25, 0.3) is 5.56 Å². The van der Waals surface area contributed by atoms with Crippen molar-refractivity contribution in [2.24, 2.45) is 7.05 Å². The van der Waals surface area contributed by atoms with Gasteiger partial charge >= 0.3 is 0 Å². The van der Waals surface area contributed by atoms with Crippen molar-refractivity contribution < 1.29 is 9.47 Å². The van der Waals surface area contributed by atoms with Crippen LogP contribution in [0.3, 0.4) is 0 Å². The van der Waals surface area contributed by atoms with E-state index in [2.05, 4.69) is 0 Å². The highest BCUT2D eigenvalue weighted by Crippen LogP contribution is 2.33. The van der Waals surface area contributed by atoms with Gasteiger partial charge in [0.05, 0.1) is 24.6 Å². The van der Waals surface area contributed by atoms with Crippen molar-refractivity contribution >= 4 is 22.5 Å². The van der Waals surface area contributed by atoms with Gasteiger partial charge in [-0.15, -0.1) is 11.6 Å². The topological polar surface area (TPSA) is 40.5 Å². The number of hydrogen-bond donors (Lipinski definition) is 0. The lowest BCUT2D eigenvalue weighted by atomic mass is 10.1. The molecule has 0 amide bonds. The molecule has 19 heavy (non-hydrogen) atoms. The number of rotatable bonds is 1. The molecule has 0 N–H and O–H groups in total. The van der Waals surface area contributed by atoms with E-state index in [1.165, 1.54) is 0 Å². The first-order valence-corrected chi connectivity index (χ1v) is 6.72. The molecule has 0 saturated heterocycles. The summed E-state index contributed by atoms with van der Waals surface area (Å²) in [6.07, 6.45) is 0.858. The van der Waals surface area contributed by atoms with E-state index in [0.717, 1.165) is 23.1 Å². The Morgan fingerprint density at radius 2 is 1.89 bits per heavy atom. The molecule has 1 aromatic carbocycles. The molecule has 5 heteroatoms. The number of ether oxygens (including phenoxy) is 2. The first kappa shape index (κ1) is 12.4. The Balaban J connectivity index is 2.29. The molecular weight excluding hydrogens is 266 g/mol. The van der Waals surface area contributed by atoms with Gasteiger partial charge in [-0.1, -0.05) is 0 Å². The molecule has 100 valence electrons. The summed E-state index contributed by atoms with van der Waals surface area (Å²) in [4.78, 5) is 12.1. The fraction of sp³-hybridized carbons (Fsp3) is 0.357. The highest BCUT2D eigenvalue weighted by atomic mass is 35.5. The Kier molecular flexibility index (Phi) is 3.11. The maximum absolute atomic E-state index is 12.1. The standard InChI is InChI=1S/C14H14ClNO3/c1-16-11-7-13-12(18-3-2-4-19-13)6-9(11)5-10(8-15)14(16)17/h5-7H,2-4,8H2,1H3. The number of nitrogens with zero attached hydrogens (tertiary/aromatic N) is 1. The number of aromatic nitrogens is 1. The molecule has 2 heterocycles. The van der Waals surface area contributed by atoms with Gasteiger partial charge in [-0.05, 0) is 12.1 Å². The monoisotopic (exact) mass is 279 g/mol. The zero-order chi connectivity index (χ0) is 13.4. The third kappa shape index (κ3) is 2.06. The lowest BCUT2D eigenvalue weighted by molar-refractivity contribution is 0.297. The van der Waals surface area contributed by atoms with Crippen LogP contribution in [0.15, 0.2) is 23.0 Å². The number of fused-ring (bicyclic) bond motifs is 2. The molecule has 0 aliphatic carbocycles. The van der Waals surface area contributed by atoms with Crippen LogP contribution in [0, 0.1) is 0 Å². The molecule has 0 saturated carbocycles. The van der Waals surface area contributed by atoms with E-state index >= 15 is 0 Å². The van der Waals surface area contributed by atoms with Crippen LogP contribution in [0.5, 0.6) is 11.5 Å². The zero-order valence-electron chi connectivity index (χ0n) is 10.6. The minimum absolute atomic E-state index is 0.0722. The molecule has 0 radical (unpaired) electrons. The summed E-state index contributed by atoms with van der Waals surface area (Å²) in [7, 11) is 1.74. The van der Waals surface area contributed by atoms with Gasteiger partial charge in [0.2, 0.25) is 0 Å². The fourth-order valence-electron chi connectivity index (χ4n) is 2.29. The Labute approximate surface area is 115 Å². The van der Waals surface area contributed by atoms with Crippen molar-refractivity contribution in [3.05, 3.63) is 34.1 Å². The van der Waals surface area contributed by atoms with Crippen LogP contribution in [0.25, 0.3) is 10.9 Å². The number of hydrogen-bond acceptors (Lipinski definition) is 3. The van der Waals surface area contributed by atoms with E-state index in [1.54, 1.807) is 11.6 Å². The van der Waals surface area contributed by atoms with Crippen molar-refractivity contribution in [1.29, 1.82) is 0 Å². The second-order valence-corrected chi connectivity index (χ2v) is 4.84. The Hall–Kier alpha value is -1.68. The van der Waals surface area contributed by atoms with Crippen LogP contribution in [-0.2, 0) is 12.9 Å². The van der Waals surface area contributed by atoms with Crippen LogP contribution in [-0.4, -0.2) is 17.8 Å². The molecule has 0 atom stereocenters. The predicted molar refractivity (Wildman–Crippen MR) is 74.4 cm³/mol. The van der Waals surface area contributed by atoms with E-state index in [4.69, 9.17) is 21.1 Å². The van der Waals surface area contributed by atoms with Gasteiger partial charge in [-0.2, -0.15) is 0 Å². The van der Waals surface area contributed by atoms with E-state index in [0.29, 0.717) is 24.5 Å². The zero-order valence-corrected chi connectivity index (χ0v) is 11.4. The second-order valence-electron chi connectivity index (χ2n) is 4.58. The SMILES string of the molecule is Cn1c(=O)c(CCl)cc2cc3c(cc21)OCCCO3. The summed E-state index contributed by atoms with van der Waals surface area (Å²) in [5, 5.41) is 0.932. The third-order valence-electron chi connectivity index (χ3n) is 3.31. The van der Waals surface area contributed by atoms with Crippen molar-refractivity contribution in [1.82, 2.24) is 4.57 Å². The summed E-state index contributed by atoms with van der Waals surface area (Å²) >= 11 is 5.80. The lowest BCUT2D eigenvalue weighted by Crippen LogP contribution is -2.20. The summed E-state index contributed by atoms with van der Waals surface area (Å²) in [5.74, 6) is 1.62. The molecule has 0 spiro atoms. The quantitative estimate of drug-likeness (QED) is 0.753. The Bertz CT molecular complexity index is 693. The van der Waals surface area contributed by atoms with E-state index in [-0.39, 0.29) is 11.4 Å². The summed E-state index contributed by atoms with van der Waals surface area (Å²) in [5.41, 5.74) is 1.34. The lowest BCUT2D eigenvalue weighted by Gasteiger charge is -2.12. The maximum Gasteiger partial charge on any atom is 0.255 e. The van der Waals surface area contributed by atoms with Crippen molar-refractivity contribution in [3.8, 4) is 11.5 Å². The molecule has 1 aliphatic rings. The molecule has 1 aliphatic heterocycles. The van der Waals surface area contributed by atoms with Crippen molar-refractivity contribution in [2.45, 2.75) is 12.3 Å². The molecule has 4 nitrogen and oxygen atoms in total. The number of aryl methyl sites for hydroxylation is 1. The van der Waals surface area contributed by atoms with E-state index in [9.17, 15) is 4.79 Å². The van der Waals surface area contributed by atoms with Gasteiger partial charge < -0.3 is 14.0 Å². The van der Waals surface area contributed by atoms with Gasteiger partial charge in [-0.25, -0.2) is 0 Å². The van der Waals surface area contributed by atoms with Crippen LogP contribution in [0.1, 0.15) is 12.0 Å². The molecule has 0 bridgehead atoms. The van der Waals surface area contributed by atoms with Gasteiger partial charge in [0.15, 0.2) is 11.5 Å². The van der Waals surface area contributed by atoms with Crippen LogP contribution in [0.2, 0.25) is 0 Å². The van der Waals surface area contributed by atoms with Crippen molar-refractivity contribution in [3.63, 3.8) is 0 Å². The van der Waals surface area contributed by atoms with Gasteiger partial charge in [0, 0.05) is 30.5 Å². The van der Waals surface area contributed by atoms with Gasteiger partial charge in [0.1, 0.15) is 0 Å². The summed E-state index contributed by atoms with van der Waals surface area (Å²) < 4.78 is 12.9. The largest absolute Gasteiger partial charge is 0.490 e. The van der Waals surface area contributed by atoms with Crippen molar-refractivity contribution in [2.75, 3.05) is 13.2 Å². The highest BCUT2D eigenvalue weighted by molar-refractivity contribution is 6.17. The third-order valence-corrected chi connectivity index (χ3v) is 3.60. The molecule has 0 unspecified atom stereocenters.